The van der Waals surface area contributed by atoms with E-state index in [0.29, 0.717) is 0 Å². The van der Waals surface area contributed by atoms with Crippen LogP contribution < -0.4 is 0 Å². The zero-order valence-electron chi connectivity index (χ0n) is 8.29. The van der Waals surface area contributed by atoms with E-state index in [-0.39, 0.29) is 5.92 Å². The highest BCUT2D eigenvalue weighted by Crippen LogP contribution is 2.43. The third-order valence-corrected chi connectivity index (χ3v) is 1.95. The van der Waals surface area contributed by atoms with Crippen LogP contribution in [0.25, 0.3) is 0 Å². The molecule has 0 aromatic carbocycles. The van der Waals surface area contributed by atoms with Gasteiger partial charge in [0, 0.05) is 0 Å². The van der Waals surface area contributed by atoms with Gasteiger partial charge in [-0.1, -0.05) is 34.6 Å². The summed E-state index contributed by atoms with van der Waals surface area (Å²) < 4.78 is 37.4. The van der Waals surface area contributed by atoms with Gasteiger partial charge in [-0.15, -0.1) is 0 Å². The summed E-state index contributed by atoms with van der Waals surface area (Å²) in [5.41, 5.74) is -0.702. The monoisotopic (exact) mass is 182 g/mol. The van der Waals surface area contributed by atoms with Gasteiger partial charge < -0.3 is 0 Å². The molecule has 3 heteroatoms. The first-order chi connectivity index (χ1) is 5.07. The van der Waals surface area contributed by atoms with Crippen LogP contribution >= 0.6 is 0 Å². The molecule has 0 aromatic heterocycles. The number of hydrogen-bond acceptors (Lipinski definition) is 0. The molecule has 0 aliphatic carbocycles. The van der Waals surface area contributed by atoms with E-state index in [2.05, 4.69) is 0 Å². The zero-order valence-corrected chi connectivity index (χ0v) is 8.29. The highest BCUT2D eigenvalue weighted by Gasteiger charge is 2.48. The second-order valence-corrected chi connectivity index (χ2v) is 4.63. The Morgan fingerprint density at radius 1 is 0.917 bits per heavy atom. The van der Waals surface area contributed by atoms with Gasteiger partial charge in [-0.2, -0.15) is 13.2 Å². The summed E-state index contributed by atoms with van der Waals surface area (Å²) in [6.45, 7) is 8.12. The maximum atomic E-state index is 12.5. The SMILES string of the molecule is CC(C)[C@H](C(C)(C)C)C(F)(F)F. The zero-order chi connectivity index (χ0) is 10.2. The quantitative estimate of drug-likeness (QED) is 0.577. The number of rotatable bonds is 1. The van der Waals surface area contributed by atoms with E-state index < -0.39 is 17.5 Å². The maximum Gasteiger partial charge on any atom is 0.392 e. The van der Waals surface area contributed by atoms with Crippen molar-refractivity contribution >= 4 is 0 Å². The van der Waals surface area contributed by atoms with Crippen molar-refractivity contribution in [1.82, 2.24) is 0 Å². The van der Waals surface area contributed by atoms with Crippen LogP contribution in [0.2, 0.25) is 0 Å². The molecule has 0 fully saturated rings. The first kappa shape index (κ1) is 11.8. The smallest absolute Gasteiger partial charge is 0.171 e. The predicted molar refractivity (Wildman–Crippen MR) is 43.8 cm³/mol. The van der Waals surface area contributed by atoms with E-state index in [4.69, 9.17) is 0 Å². The lowest BCUT2D eigenvalue weighted by molar-refractivity contribution is -0.212. The van der Waals surface area contributed by atoms with Gasteiger partial charge in [0.25, 0.3) is 0 Å². The lowest BCUT2D eigenvalue weighted by Gasteiger charge is -2.35. The second kappa shape index (κ2) is 3.27. The topological polar surface area (TPSA) is 0 Å². The first-order valence-electron chi connectivity index (χ1n) is 4.13. The van der Waals surface area contributed by atoms with Gasteiger partial charge in [0.2, 0.25) is 0 Å². The fraction of sp³-hybridized carbons (Fsp3) is 1.00. The maximum absolute atomic E-state index is 12.5. The van der Waals surface area contributed by atoms with Crippen LogP contribution in [0.15, 0.2) is 0 Å². The minimum absolute atomic E-state index is 0.356. The summed E-state index contributed by atoms with van der Waals surface area (Å²) in [5, 5.41) is 0. The molecule has 12 heavy (non-hydrogen) atoms. The Labute approximate surface area is 72.2 Å². The third-order valence-electron chi connectivity index (χ3n) is 1.95. The largest absolute Gasteiger partial charge is 0.392 e. The van der Waals surface area contributed by atoms with Crippen molar-refractivity contribution in [3.63, 3.8) is 0 Å². The molecular formula is C9H17F3. The van der Waals surface area contributed by atoms with E-state index in [0.717, 1.165) is 0 Å². The molecule has 0 rings (SSSR count). The Hall–Kier alpha value is -0.210. The Morgan fingerprint density at radius 3 is 1.25 bits per heavy atom. The summed E-state index contributed by atoms with van der Waals surface area (Å²) >= 11 is 0. The molecule has 0 saturated carbocycles. The molecule has 74 valence electrons. The van der Waals surface area contributed by atoms with E-state index in [1.165, 1.54) is 0 Å². The van der Waals surface area contributed by atoms with Crippen molar-refractivity contribution in [2.24, 2.45) is 17.3 Å². The molecule has 0 bridgehead atoms. The van der Waals surface area contributed by atoms with Gasteiger partial charge in [-0.25, -0.2) is 0 Å². The van der Waals surface area contributed by atoms with Crippen LogP contribution in [0.3, 0.4) is 0 Å². The van der Waals surface area contributed by atoms with E-state index in [1.54, 1.807) is 34.6 Å². The lowest BCUT2D eigenvalue weighted by atomic mass is 9.74. The number of alkyl halides is 3. The van der Waals surface area contributed by atoms with Crippen molar-refractivity contribution < 1.29 is 13.2 Å². The lowest BCUT2D eigenvalue weighted by Crippen LogP contribution is -2.38. The predicted octanol–water partition coefficient (Wildman–Crippen LogP) is 3.87. The highest BCUT2D eigenvalue weighted by molar-refractivity contribution is 4.82. The third kappa shape index (κ3) is 3.03. The molecule has 0 saturated heterocycles. The fourth-order valence-electron chi connectivity index (χ4n) is 1.87. The summed E-state index contributed by atoms with van der Waals surface area (Å²) in [5.74, 6) is -1.57. The van der Waals surface area contributed by atoms with Crippen LogP contribution in [-0.2, 0) is 0 Å². The normalized spacial score (nSPS) is 16.8. The van der Waals surface area contributed by atoms with E-state index >= 15 is 0 Å². The van der Waals surface area contributed by atoms with Gasteiger partial charge in [0.15, 0.2) is 0 Å². The molecule has 0 N–H and O–H groups in total. The van der Waals surface area contributed by atoms with Crippen molar-refractivity contribution in [2.45, 2.75) is 40.8 Å². The second-order valence-electron chi connectivity index (χ2n) is 4.63. The van der Waals surface area contributed by atoms with Crippen LogP contribution in [0, 0.1) is 17.3 Å². The summed E-state index contributed by atoms with van der Waals surface area (Å²) in [4.78, 5) is 0. The van der Waals surface area contributed by atoms with Crippen LogP contribution in [0.1, 0.15) is 34.6 Å². The van der Waals surface area contributed by atoms with Gasteiger partial charge in [0.05, 0.1) is 5.92 Å². The molecule has 0 aliphatic heterocycles. The van der Waals surface area contributed by atoms with Crippen LogP contribution in [0.5, 0.6) is 0 Å². The van der Waals surface area contributed by atoms with Gasteiger partial charge in [0.1, 0.15) is 0 Å². The molecular weight excluding hydrogens is 165 g/mol. The van der Waals surface area contributed by atoms with Crippen molar-refractivity contribution in [1.29, 1.82) is 0 Å². The molecule has 0 heterocycles. The number of halogens is 3. The Kier molecular flexibility index (Phi) is 3.21. The first-order valence-corrected chi connectivity index (χ1v) is 4.13. The van der Waals surface area contributed by atoms with Crippen LogP contribution in [-0.4, -0.2) is 6.18 Å². The molecule has 0 radical (unpaired) electrons. The van der Waals surface area contributed by atoms with E-state index in [9.17, 15) is 13.2 Å². The average molecular weight is 182 g/mol. The van der Waals surface area contributed by atoms with E-state index in [1.807, 2.05) is 0 Å². The minimum atomic E-state index is -4.08. The molecule has 0 nitrogen and oxygen atoms in total. The highest BCUT2D eigenvalue weighted by atomic mass is 19.4. The molecule has 1 atom stereocenters. The van der Waals surface area contributed by atoms with Crippen molar-refractivity contribution in [2.75, 3.05) is 0 Å². The van der Waals surface area contributed by atoms with Gasteiger partial charge in [-0.05, 0) is 11.3 Å². The van der Waals surface area contributed by atoms with Crippen LogP contribution in [0.4, 0.5) is 13.2 Å². The summed E-state index contributed by atoms with van der Waals surface area (Å²) in [6.07, 6.45) is -4.08. The average Bonchev–Trinajstić information content (AvgIpc) is 1.49. The summed E-state index contributed by atoms with van der Waals surface area (Å²) in [7, 11) is 0. The number of hydrogen-bond donors (Lipinski definition) is 0. The molecule has 0 aromatic rings. The Balaban J connectivity index is 4.70. The molecule has 0 aliphatic rings. The fourth-order valence-corrected chi connectivity index (χ4v) is 1.87. The van der Waals surface area contributed by atoms with Gasteiger partial charge in [-0.3, -0.25) is 0 Å². The molecule has 0 amide bonds. The Bertz CT molecular complexity index is 125. The standard InChI is InChI=1S/C9H17F3/c1-6(2)7(8(3,4)5)9(10,11)12/h6-7H,1-5H3/t7-/m1/s1. The summed E-state index contributed by atoms with van der Waals surface area (Å²) in [6, 6.07) is 0. The van der Waals surface area contributed by atoms with Gasteiger partial charge >= 0.3 is 6.18 Å². The van der Waals surface area contributed by atoms with Crippen molar-refractivity contribution in [3.8, 4) is 0 Å². The minimum Gasteiger partial charge on any atom is -0.171 e. The van der Waals surface area contributed by atoms with Crippen molar-refractivity contribution in [3.05, 3.63) is 0 Å². The molecule has 0 spiro atoms. The molecule has 0 unspecified atom stereocenters. The Morgan fingerprint density at radius 2 is 1.25 bits per heavy atom.